The number of rotatable bonds is 8. The standard InChI is InChI=1S/C19H24N6O5/c1-11-6-4-5-7-13(11)30-10-12(26)9-25-15-16(24(3)19(29)23-17(15)28)22-18(25)21-8-14(27)20-2/h4-7,12,26H,8-10H2,1-3H3,(H,20,27)(H,21,22)(H,23,28,29). The molecule has 0 bridgehead atoms. The highest BCUT2D eigenvalue weighted by Gasteiger charge is 2.20. The summed E-state index contributed by atoms with van der Waals surface area (Å²) in [5.74, 6) is 0.528. The number of aliphatic hydroxyl groups is 1. The molecule has 11 heteroatoms. The Balaban J connectivity index is 1.90. The van der Waals surface area contributed by atoms with E-state index in [1.807, 2.05) is 25.1 Å². The van der Waals surface area contributed by atoms with E-state index < -0.39 is 17.4 Å². The molecule has 0 fully saturated rings. The minimum atomic E-state index is -0.987. The highest BCUT2D eigenvalue weighted by molar-refractivity contribution is 5.81. The zero-order valence-electron chi connectivity index (χ0n) is 16.9. The van der Waals surface area contributed by atoms with Gasteiger partial charge in [-0.3, -0.25) is 19.1 Å². The maximum atomic E-state index is 12.4. The van der Waals surface area contributed by atoms with Crippen LogP contribution in [0, 0.1) is 6.92 Å². The number of aromatic nitrogens is 4. The van der Waals surface area contributed by atoms with Crippen LogP contribution in [-0.4, -0.2) is 56.4 Å². The highest BCUT2D eigenvalue weighted by Crippen LogP contribution is 2.18. The molecule has 1 unspecified atom stereocenters. The zero-order chi connectivity index (χ0) is 21.8. The largest absolute Gasteiger partial charge is 0.491 e. The number of anilines is 1. The number of amides is 1. The molecule has 1 atom stereocenters. The number of H-pyrrole nitrogens is 1. The second kappa shape index (κ2) is 8.82. The van der Waals surface area contributed by atoms with Gasteiger partial charge in [-0.15, -0.1) is 0 Å². The molecule has 0 radical (unpaired) electrons. The number of nitrogens with one attached hydrogen (secondary N) is 3. The Labute approximate surface area is 171 Å². The van der Waals surface area contributed by atoms with Gasteiger partial charge in [0.2, 0.25) is 11.9 Å². The Morgan fingerprint density at radius 3 is 2.77 bits per heavy atom. The Kier molecular flexibility index (Phi) is 6.21. The summed E-state index contributed by atoms with van der Waals surface area (Å²) in [4.78, 5) is 42.5. The molecular formula is C19H24N6O5. The van der Waals surface area contributed by atoms with Crippen molar-refractivity contribution in [1.82, 2.24) is 24.4 Å². The fraction of sp³-hybridized carbons (Fsp3) is 0.368. The SMILES string of the molecule is CNC(=O)CNc1nc2c(c(=O)[nH]c(=O)n2C)n1CC(O)COc1ccccc1C. The number of benzene rings is 1. The monoisotopic (exact) mass is 416 g/mol. The number of hydrogen-bond acceptors (Lipinski definition) is 7. The molecule has 3 rings (SSSR count). The maximum Gasteiger partial charge on any atom is 0.329 e. The van der Waals surface area contributed by atoms with Gasteiger partial charge in [0.05, 0.1) is 13.1 Å². The lowest BCUT2D eigenvalue weighted by molar-refractivity contribution is -0.118. The summed E-state index contributed by atoms with van der Waals surface area (Å²) in [6.07, 6.45) is -0.987. The second-order valence-corrected chi connectivity index (χ2v) is 6.79. The van der Waals surface area contributed by atoms with Gasteiger partial charge in [-0.1, -0.05) is 18.2 Å². The Hall–Kier alpha value is -3.60. The molecule has 0 saturated heterocycles. The first-order chi connectivity index (χ1) is 14.3. The number of hydrogen-bond donors (Lipinski definition) is 4. The summed E-state index contributed by atoms with van der Waals surface area (Å²) in [6.45, 7) is 1.73. The topological polar surface area (TPSA) is 143 Å². The van der Waals surface area contributed by atoms with Crippen LogP contribution >= 0.6 is 0 Å². The quantitative estimate of drug-likeness (QED) is 0.381. The Morgan fingerprint density at radius 1 is 1.33 bits per heavy atom. The van der Waals surface area contributed by atoms with Crippen LogP contribution in [0.15, 0.2) is 33.9 Å². The van der Waals surface area contributed by atoms with Crippen molar-refractivity contribution in [2.75, 3.05) is 25.5 Å². The van der Waals surface area contributed by atoms with Crippen LogP contribution in [0.2, 0.25) is 0 Å². The number of imidazole rings is 1. The number of aryl methyl sites for hydroxylation is 2. The van der Waals surface area contributed by atoms with Gasteiger partial charge >= 0.3 is 5.69 Å². The van der Waals surface area contributed by atoms with Crippen LogP contribution in [0.3, 0.4) is 0 Å². The van der Waals surface area contributed by atoms with Gasteiger partial charge in [-0.25, -0.2) is 4.79 Å². The van der Waals surface area contributed by atoms with E-state index in [0.717, 1.165) is 5.56 Å². The first kappa shape index (κ1) is 21.1. The maximum absolute atomic E-state index is 12.4. The summed E-state index contributed by atoms with van der Waals surface area (Å²) >= 11 is 0. The predicted octanol–water partition coefficient (Wildman–Crippen LogP) is -0.670. The molecule has 160 valence electrons. The lowest BCUT2D eigenvalue weighted by Gasteiger charge is -2.16. The molecule has 3 aromatic rings. The lowest BCUT2D eigenvalue weighted by atomic mass is 10.2. The van der Waals surface area contributed by atoms with E-state index in [4.69, 9.17) is 4.74 Å². The van der Waals surface area contributed by atoms with Gasteiger partial charge in [0.25, 0.3) is 5.56 Å². The molecule has 30 heavy (non-hydrogen) atoms. The van der Waals surface area contributed by atoms with Crippen LogP contribution in [0.4, 0.5) is 5.95 Å². The molecule has 1 amide bonds. The van der Waals surface area contributed by atoms with Crippen LogP contribution in [0.5, 0.6) is 5.75 Å². The van der Waals surface area contributed by atoms with Gasteiger partial charge in [0.15, 0.2) is 11.2 Å². The van der Waals surface area contributed by atoms with E-state index >= 15 is 0 Å². The average molecular weight is 416 g/mol. The lowest BCUT2D eigenvalue weighted by Crippen LogP contribution is -2.31. The van der Waals surface area contributed by atoms with Crippen molar-refractivity contribution in [2.45, 2.75) is 19.6 Å². The highest BCUT2D eigenvalue weighted by atomic mass is 16.5. The molecule has 4 N–H and O–H groups in total. The summed E-state index contributed by atoms with van der Waals surface area (Å²) in [6, 6.07) is 7.41. The first-order valence-corrected chi connectivity index (χ1v) is 9.32. The van der Waals surface area contributed by atoms with Crippen molar-refractivity contribution >= 4 is 23.0 Å². The smallest absolute Gasteiger partial charge is 0.329 e. The van der Waals surface area contributed by atoms with Crippen molar-refractivity contribution in [1.29, 1.82) is 0 Å². The van der Waals surface area contributed by atoms with E-state index in [-0.39, 0.29) is 42.7 Å². The summed E-state index contributed by atoms with van der Waals surface area (Å²) in [5.41, 5.74) is -0.0853. The number of para-hydroxylation sites is 1. The third-order valence-electron chi connectivity index (χ3n) is 4.61. The molecule has 0 spiro atoms. The van der Waals surface area contributed by atoms with Crippen molar-refractivity contribution in [3.05, 3.63) is 50.7 Å². The van der Waals surface area contributed by atoms with Crippen LogP contribution in [0.1, 0.15) is 5.56 Å². The molecule has 1 aromatic carbocycles. The van der Waals surface area contributed by atoms with Gasteiger partial charge in [-0.05, 0) is 18.6 Å². The number of aliphatic hydroxyl groups excluding tert-OH is 1. The van der Waals surface area contributed by atoms with Crippen LogP contribution in [0.25, 0.3) is 11.2 Å². The Morgan fingerprint density at radius 2 is 2.07 bits per heavy atom. The summed E-state index contributed by atoms with van der Waals surface area (Å²) in [5, 5.41) is 15.8. The fourth-order valence-electron chi connectivity index (χ4n) is 2.96. The van der Waals surface area contributed by atoms with E-state index in [1.54, 1.807) is 6.07 Å². The third kappa shape index (κ3) is 4.35. The molecule has 2 aromatic heterocycles. The minimum absolute atomic E-state index is 0.0247. The van der Waals surface area contributed by atoms with E-state index in [1.165, 1.54) is 23.2 Å². The number of carbonyl (C=O) groups is 1. The third-order valence-corrected chi connectivity index (χ3v) is 4.61. The average Bonchev–Trinajstić information content (AvgIpc) is 3.08. The van der Waals surface area contributed by atoms with Crippen LogP contribution < -0.4 is 26.6 Å². The molecule has 2 heterocycles. The van der Waals surface area contributed by atoms with Gasteiger partial charge in [0, 0.05) is 14.1 Å². The molecule has 0 aliphatic heterocycles. The summed E-state index contributed by atoms with van der Waals surface area (Å²) in [7, 11) is 2.96. The molecule has 0 aliphatic rings. The number of aromatic amines is 1. The number of likely N-dealkylation sites (N-methyl/N-ethyl adjacent to an activating group) is 1. The van der Waals surface area contributed by atoms with E-state index in [2.05, 4.69) is 20.6 Å². The zero-order valence-corrected chi connectivity index (χ0v) is 16.9. The predicted molar refractivity (Wildman–Crippen MR) is 111 cm³/mol. The normalized spacial score (nSPS) is 12.0. The number of nitrogens with zero attached hydrogens (tertiary/aromatic N) is 3. The molecule has 0 aliphatic carbocycles. The number of ether oxygens (including phenoxy) is 1. The molecule has 0 saturated carbocycles. The molecule has 11 nitrogen and oxygen atoms in total. The first-order valence-electron chi connectivity index (χ1n) is 9.32. The van der Waals surface area contributed by atoms with Crippen molar-refractivity contribution in [3.8, 4) is 5.75 Å². The fourth-order valence-corrected chi connectivity index (χ4v) is 2.96. The van der Waals surface area contributed by atoms with Gasteiger partial charge in [-0.2, -0.15) is 4.98 Å². The summed E-state index contributed by atoms with van der Waals surface area (Å²) < 4.78 is 8.30. The number of carbonyl (C=O) groups excluding carboxylic acids is 1. The van der Waals surface area contributed by atoms with Crippen molar-refractivity contribution in [3.63, 3.8) is 0 Å². The Bertz CT molecular complexity index is 1180. The second-order valence-electron chi connectivity index (χ2n) is 6.79. The van der Waals surface area contributed by atoms with E-state index in [9.17, 15) is 19.5 Å². The van der Waals surface area contributed by atoms with E-state index in [0.29, 0.717) is 5.75 Å². The minimum Gasteiger partial charge on any atom is -0.491 e. The van der Waals surface area contributed by atoms with Gasteiger partial charge < -0.3 is 25.0 Å². The molecular weight excluding hydrogens is 392 g/mol. The van der Waals surface area contributed by atoms with Gasteiger partial charge in [0.1, 0.15) is 18.5 Å². The van der Waals surface area contributed by atoms with Crippen molar-refractivity contribution in [2.24, 2.45) is 7.05 Å². The van der Waals surface area contributed by atoms with Crippen LogP contribution in [-0.2, 0) is 18.4 Å². The number of fused-ring (bicyclic) bond motifs is 1. The van der Waals surface area contributed by atoms with Crippen molar-refractivity contribution < 1.29 is 14.6 Å².